The second-order valence-corrected chi connectivity index (χ2v) is 14.6. The van der Waals surface area contributed by atoms with Gasteiger partial charge in [-0.15, -0.1) is 0 Å². The predicted molar refractivity (Wildman–Crippen MR) is 213 cm³/mol. The molecule has 0 aromatic rings. The molecule has 0 aliphatic carbocycles. The van der Waals surface area contributed by atoms with Crippen LogP contribution in [0.3, 0.4) is 0 Å². The molecule has 0 saturated heterocycles. The molecule has 0 saturated carbocycles. The van der Waals surface area contributed by atoms with Crippen molar-refractivity contribution in [2.75, 3.05) is 30.1 Å². The van der Waals surface area contributed by atoms with Gasteiger partial charge in [0.15, 0.2) is 5.96 Å². The molecular weight excluding hydrogens is 783 g/mol. The quantitative estimate of drug-likeness (QED) is 0.0160. The highest BCUT2D eigenvalue weighted by atomic mass is 32.2. The van der Waals surface area contributed by atoms with E-state index in [1.807, 2.05) is 0 Å². The van der Waals surface area contributed by atoms with Gasteiger partial charge in [0.2, 0.25) is 41.4 Å². The standard InChI is InChI=1S/C31H57N11O10S3/c1-14(2)10-19(28(50)41-21(13-54)24(33)46)40-30(52)23(15(3)43)42-29(51)20(11-22(44)45)39-27(49)18(7-9-55-4)38-26(48)17(6-5-8-36-31(34)35)37-25(47)16(32)12-53/h14-21,23,43,53-54H,5-13,32H2,1-4H3,(H2,33,46)(H,37,47)(H,38,48)(H,39,49)(H,40,52)(H,41,50)(H,42,51)(H,44,45)(H4,34,35,36)/t15-,16+,17+,18+,19+,20+,21+,23+/m1/s1. The predicted octanol–water partition coefficient (Wildman–Crippen LogP) is -4.72. The number of carboxylic acid groups (broad SMARTS) is 1. The van der Waals surface area contributed by atoms with Gasteiger partial charge in [-0.25, -0.2) is 0 Å². The summed E-state index contributed by atoms with van der Waals surface area (Å²) in [7, 11) is 0. The minimum Gasteiger partial charge on any atom is -0.481 e. The number of aliphatic carboxylic acids is 1. The third-order valence-electron chi connectivity index (χ3n) is 7.61. The maximum atomic E-state index is 13.6. The number of nitrogens with two attached hydrogens (primary N) is 4. The summed E-state index contributed by atoms with van der Waals surface area (Å²) in [5, 5.41) is 34.4. The molecule has 0 fully saturated rings. The Morgan fingerprint density at radius 1 is 0.691 bits per heavy atom. The molecule has 21 nitrogen and oxygen atoms in total. The number of nitrogens with zero attached hydrogens (tertiary/aromatic N) is 1. The van der Waals surface area contributed by atoms with E-state index < -0.39 is 102 Å². The number of carbonyl (C=O) groups excluding carboxylic acids is 7. The van der Waals surface area contributed by atoms with Gasteiger partial charge in [-0.05, 0) is 50.5 Å². The molecule has 8 atom stereocenters. The lowest BCUT2D eigenvalue weighted by molar-refractivity contribution is -0.142. The summed E-state index contributed by atoms with van der Waals surface area (Å²) in [5.74, 6) is -8.04. The van der Waals surface area contributed by atoms with E-state index in [1.165, 1.54) is 11.8 Å². The first-order chi connectivity index (χ1) is 25.7. The third-order valence-corrected chi connectivity index (χ3v) is 9.01. The Bertz CT molecular complexity index is 1350. The second kappa shape index (κ2) is 26.7. The molecule has 0 aliphatic heterocycles. The van der Waals surface area contributed by atoms with Crippen LogP contribution in [0.2, 0.25) is 0 Å². The average Bonchev–Trinajstić information content (AvgIpc) is 3.09. The van der Waals surface area contributed by atoms with Crippen LogP contribution < -0.4 is 54.8 Å². The zero-order valence-corrected chi connectivity index (χ0v) is 33.9. The molecular formula is C31H57N11O10S3. The van der Waals surface area contributed by atoms with Crippen molar-refractivity contribution in [3.63, 3.8) is 0 Å². The molecule has 0 spiro atoms. The number of thiol groups is 2. The number of carboxylic acids is 1. The highest BCUT2D eigenvalue weighted by molar-refractivity contribution is 7.98. The van der Waals surface area contributed by atoms with E-state index >= 15 is 0 Å². The largest absolute Gasteiger partial charge is 0.481 e. The monoisotopic (exact) mass is 839 g/mol. The van der Waals surface area contributed by atoms with Crippen LogP contribution in [-0.4, -0.2) is 142 Å². The molecule has 0 rings (SSSR count). The zero-order valence-electron chi connectivity index (χ0n) is 31.3. The van der Waals surface area contributed by atoms with Gasteiger partial charge in [-0.2, -0.15) is 37.0 Å². The molecule has 0 aromatic heterocycles. The van der Waals surface area contributed by atoms with E-state index in [2.05, 4.69) is 62.2 Å². The van der Waals surface area contributed by atoms with Gasteiger partial charge >= 0.3 is 5.97 Å². The molecule has 314 valence electrons. The van der Waals surface area contributed by atoms with Crippen molar-refractivity contribution in [2.45, 2.75) is 101 Å². The van der Waals surface area contributed by atoms with Crippen LogP contribution in [0, 0.1) is 5.92 Å². The van der Waals surface area contributed by atoms with Crippen LogP contribution in [0.5, 0.6) is 0 Å². The third kappa shape index (κ3) is 20.5. The highest BCUT2D eigenvalue weighted by Gasteiger charge is 2.35. The SMILES string of the molecule is CSCC[C@H](NC(=O)[C@H](CCCN=C(N)N)NC(=O)[C@@H](N)CS)C(=O)N[C@@H](CC(=O)O)C(=O)N[C@H](C(=O)N[C@@H](CC(C)C)C(=O)N[C@@H](CS)C(N)=O)[C@@H](C)O. The molecule has 0 aliphatic rings. The molecule has 7 amide bonds. The van der Waals surface area contributed by atoms with Crippen molar-refractivity contribution in [3.8, 4) is 0 Å². The summed E-state index contributed by atoms with van der Waals surface area (Å²) in [4.78, 5) is 107. The van der Waals surface area contributed by atoms with Gasteiger partial charge < -0.3 is 65.0 Å². The Labute approximate surface area is 335 Å². The van der Waals surface area contributed by atoms with Crippen LogP contribution in [0.1, 0.15) is 52.9 Å². The van der Waals surface area contributed by atoms with E-state index in [1.54, 1.807) is 20.1 Å². The lowest BCUT2D eigenvalue weighted by Gasteiger charge is -2.28. The molecule has 55 heavy (non-hydrogen) atoms. The van der Waals surface area contributed by atoms with Crippen molar-refractivity contribution in [1.29, 1.82) is 0 Å². The summed E-state index contributed by atoms with van der Waals surface area (Å²) < 4.78 is 0. The maximum absolute atomic E-state index is 13.6. The van der Waals surface area contributed by atoms with E-state index in [-0.39, 0.29) is 55.6 Å². The number of primary amides is 1. The van der Waals surface area contributed by atoms with E-state index in [0.29, 0.717) is 5.75 Å². The topological polar surface area (TPSA) is 366 Å². The van der Waals surface area contributed by atoms with Crippen molar-refractivity contribution < 1.29 is 48.6 Å². The van der Waals surface area contributed by atoms with Gasteiger partial charge in [0.1, 0.15) is 36.3 Å². The first-order valence-electron chi connectivity index (χ1n) is 17.2. The molecule has 0 unspecified atom stereocenters. The number of rotatable bonds is 27. The Morgan fingerprint density at radius 3 is 1.65 bits per heavy atom. The summed E-state index contributed by atoms with van der Waals surface area (Å²) in [5.41, 5.74) is 21.7. The number of guanidine groups is 1. The first kappa shape index (κ1) is 51.0. The maximum Gasteiger partial charge on any atom is 0.305 e. The average molecular weight is 840 g/mol. The summed E-state index contributed by atoms with van der Waals surface area (Å²) in [6, 6.07) is -9.58. The minimum atomic E-state index is -1.82. The normalized spacial score (nSPS) is 15.4. The van der Waals surface area contributed by atoms with Gasteiger partial charge in [0.05, 0.1) is 18.6 Å². The number of carbonyl (C=O) groups is 8. The fourth-order valence-corrected chi connectivity index (χ4v) is 5.58. The Kier molecular flexibility index (Phi) is 24.8. The molecule has 24 heteroatoms. The van der Waals surface area contributed by atoms with Crippen molar-refractivity contribution in [1.82, 2.24) is 31.9 Å². The van der Waals surface area contributed by atoms with Crippen LogP contribution in [0.25, 0.3) is 0 Å². The van der Waals surface area contributed by atoms with Gasteiger partial charge in [-0.1, -0.05) is 13.8 Å². The summed E-state index contributed by atoms with van der Waals surface area (Å²) in [6.45, 7) is 4.78. The minimum absolute atomic E-state index is 0.00676. The van der Waals surface area contributed by atoms with Crippen LogP contribution in [0.4, 0.5) is 0 Å². The summed E-state index contributed by atoms with van der Waals surface area (Å²) in [6.07, 6.45) is -0.497. The van der Waals surface area contributed by atoms with Crippen LogP contribution in [0.15, 0.2) is 4.99 Å². The van der Waals surface area contributed by atoms with E-state index in [0.717, 1.165) is 6.92 Å². The van der Waals surface area contributed by atoms with Crippen LogP contribution in [-0.2, 0) is 38.4 Å². The number of aliphatic hydroxyl groups excluding tert-OH is 1. The Morgan fingerprint density at radius 2 is 1.18 bits per heavy atom. The fourth-order valence-electron chi connectivity index (χ4n) is 4.67. The second-order valence-electron chi connectivity index (χ2n) is 12.9. The Balaban J connectivity index is 6.25. The fraction of sp³-hybridized carbons (Fsp3) is 0.710. The lowest BCUT2D eigenvalue weighted by Crippen LogP contribution is -2.62. The first-order valence-corrected chi connectivity index (χ1v) is 19.9. The van der Waals surface area contributed by atoms with E-state index in [4.69, 9.17) is 22.9 Å². The molecule has 0 radical (unpaired) electrons. The smallest absolute Gasteiger partial charge is 0.305 e. The number of nitrogens with one attached hydrogen (secondary N) is 6. The number of amides is 7. The van der Waals surface area contributed by atoms with Gasteiger partial charge in [0, 0.05) is 18.1 Å². The number of hydrogen-bond donors (Lipinski definition) is 14. The number of aliphatic hydroxyl groups is 1. The number of aliphatic imine (C=N–C) groups is 1. The number of hydrogen-bond acceptors (Lipinski definition) is 14. The van der Waals surface area contributed by atoms with Gasteiger partial charge in [-0.3, -0.25) is 43.3 Å². The zero-order chi connectivity index (χ0) is 42.4. The molecule has 0 aromatic carbocycles. The van der Waals surface area contributed by atoms with Crippen molar-refractivity contribution >= 4 is 90.3 Å². The number of thioether (sulfide) groups is 1. The summed E-state index contributed by atoms with van der Waals surface area (Å²) >= 11 is 9.31. The Hall–Kier alpha value is -4.00. The molecule has 16 N–H and O–H groups in total. The van der Waals surface area contributed by atoms with E-state index in [9.17, 15) is 48.6 Å². The van der Waals surface area contributed by atoms with Crippen LogP contribution >= 0.6 is 37.0 Å². The van der Waals surface area contributed by atoms with Gasteiger partial charge in [0.25, 0.3) is 0 Å². The molecule has 0 heterocycles. The molecule has 0 bridgehead atoms. The van der Waals surface area contributed by atoms with Crippen molar-refractivity contribution in [2.24, 2.45) is 33.8 Å². The lowest BCUT2D eigenvalue weighted by atomic mass is 10.0. The highest BCUT2D eigenvalue weighted by Crippen LogP contribution is 2.09. The van der Waals surface area contributed by atoms with Crippen molar-refractivity contribution in [3.05, 3.63) is 0 Å².